The Bertz CT molecular complexity index is 253. The molecule has 1 heteroatoms. The molecule has 0 radical (unpaired) electrons. The molecule has 66 valence electrons. The quantitative estimate of drug-likeness (QED) is 0.733. The van der Waals surface area contributed by atoms with Crippen molar-refractivity contribution in [3.8, 4) is 0 Å². The van der Waals surface area contributed by atoms with Crippen molar-refractivity contribution in [2.24, 2.45) is 0 Å². The van der Waals surface area contributed by atoms with Crippen molar-refractivity contribution in [1.82, 2.24) is 0 Å². The van der Waals surface area contributed by atoms with Gasteiger partial charge in [0.15, 0.2) is 0 Å². The summed E-state index contributed by atoms with van der Waals surface area (Å²) in [5.41, 5.74) is 2.87. The first kappa shape index (κ1) is 9.79. The summed E-state index contributed by atoms with van der Waals surface area (Å²) in [5.74, 6) is 0. The van der Waals surface area contributed by atoms with Gasteiger partial charge in [-0.3, -0.25) is 0 Å². The third kappa shape index (κ3) is 2.34. The summed E-state index contributed by atoms with van der Waals surface area (Å²) in [6.07, 6.45) is 3.53. The minimum Gasteiger partial charge on any atom is -0.0651 e. The van der Waals surface area contributed by atoms with Crippen LogP contribution < -0.4 is 0 Å². The molecule has 0 spiro atoms. The zero-order valence-electron chi connectivity index (χ0n) is 7.73. The molecule has 0 N–H and O–H groups in total. The summed E-state index contributed by atoms with van der Waals surface area (Å²) in [5, 5.41) is 0. The second-order valence-electron chi connectivity index (χ2n) is 3.03. The number of halogens is 1. The van der Waals surface area contributed by atoms with Crippen LogP contribution in [0.25, 0.3) is 0 Å². The maximum Gasteiger partial charge on any atom is 0.0207 e. The van der Waals surface area contributed by atoms with E-state index >= 15 is 0 Å². The Labute approximate surface area is 83.1 Å². The first-order valence-corrected chi connectivity index (χ1v) is 5.34. The van der Waals surface area contributed by atoms with Crippen molar-refractivity contribution in [3.05, 3.63) is 33.8 Å². The fraction of sp³-hybridized carbons (Fsp3) is 0.455. The van der Waals surface area contributed by atoms with E-state index in [0.717, 1.165) is 6.42 Å². The molecule has 0 aliphatic heterocycles. The first-order valence-electron chi connectivity index (χ1n) is 4.55. The second-order valence-corrected chi connectivity index (χ2v) is 3.88. The van der Waals surface area contributed by atoms with Crippen molar-refractivity contribution in [3.63, 3.8) is 0 Å². The van der Waals surface area contributed by atoms with Crippen molar-refractivity contribution >= 4 is 15.9 Å². The van der Waals surface area contributed by atoms with Crippen LogP contribution in [0, 0.1) is 0 Å². The number of benzene rings is 1. The molecule has 0 aliphatic carbocycles. The zero-order chi connectivity index (χ0) is 8.97. The van der Waals surface area contributed by atoms with Gasteiger partial charge in [0, 0.05) is 4.47 Å². The molecule has 1 aromatic carbocycles. The van der Waals surface area contributed by atoms with Crippen LogP contribution in [0.1, 0.15) is 31.4 Å². The Morgan fingerprint density at radius 1 is 1.25 bits per heavy atom. The third-order valence-electron chi connectivity index (χ3n) is 2.03. The standard InChI is InChI=1S/C11H15Br/c1-3-5-9-6-7-11(12)10(4-2)8-9/h6-8H,3-5H2,1-2H3. The molecule has 0 aromatic heterocycles. The van der Waals surface area contributed by atoms with E-state index in [9.17, 15) is 0 Å². The number of rotatable bonds is 3. The average Bonchev–Trinajstić information content (AvgIpc) is 2.09. The van der Waals surface area contributed by atoms with E-state index in [2.05, 4.69) is 48.0 Å². The molecular weight excluding hydrogens is 212 g/mol. The lowest BCUT2D eigenvalue weighted by molar-refractivity contribution is 0.916. The molecule has 0 bridgehead atoms. The maximum atomic E-state index is 3.54. The van der Waals surface area contributed by atoms with Gasteiger partial charge in [-0.1, -0.05) is 48.3 Å². The molecule has 0 nitrogen and oxygen atoms in total. The highest BCUT2D eigenvalue weighted by Crippen LogP contribution is 2.19. The molecular formula is C11H15Br. The lowest BCUT2D eigenvalue weighted by Gasteiger charge is -2.04. The van der Waals surface area contributed by atoms with Crippen LogP contribution in [0.3, 0.4) is 0 Å². The fourth-order valence-electron chi connectivity index (χ4n) is 1.34. The van der Waals surface area contributed by atoms with E-state index in [1.807, 2.05) is 0 Å². The molecule has 0 fully saturated rings. The van der Waals surface area contributed by atoms with E-state index in [1.54, 1.807) is 0 Å². The van der Waals surface area contributed by atoms with E-state index < -0.39 is 0 Å². The van der Waals surface area contributed by atoms with Gasteiger partial charge < -0.3 is 0 Å². The Balaban J connectivity index is 2.89. The normalized spacial score (nSPS) is 10.2. The van der Waals surface area contributed by atoms with Gasteiger partial charge in [0.2, 0.25) is 0 Å². The predicted molar refractivity (Wildman–Crippen MR) is 57.5 cm³/mol. The van der Waals surface area contributed by atoms with Gasteiger partial charge in [0.1, 0.15) is 0 Å². The van der Waals surface area contributed by atoms with E-state index in [0.29, 0.717) is 0 Å². The number of hydrogen-bond donors (Lipinski definition) is 0. The first-order chi connectivity index (χ1) is 5.77. The average molecular weight is 227 g/mol. The van der Waals surface area contributed by atoms with Gasteiger partial charge in [-0.25, -0.2) is 0 Å². The SMILES string of the molecule is CCCc1ccc(Br)c(CC)c1. The Hall–Kier alpha value is -0.300. The van der Waals surface area contributed by atoms with Gasteiger partial charge in [-0.15, -0.1) is 0 Å². The van der Waals surface area contributed by atoms with E-state index in [4.69, 9.17) is 0 Å². The van der Waals surface area contributed by atoms with Crippen LogP contribution in [0.2, 0.25) is 0 Å². The maximum absolute atomic E-state index is 3.54. The molecule has 0 unspecified atom stereocenters. The van der Waals surface area contributed by atoms with Crippen molar-refractivity contribution in [2.45, 2.75) is 33.1 Å². The van der Waals surface area contributed by atoms with Gasteiger partial charge in [-0.2, -0.15) is 0 Å². The summed E-state index contributed by atoms with van der Waals surface area (Å²) in [4.78, 5) is 0. The van der Waals surface area contributed by atoms with Crippen molar-refractivity contribution < 1.29 is 0 Å². The van der Waals surface area contributed by atoms with Gasteiger partial charge in [0.05, 0.1) is 0 Å². The molecule has 12 heavy (non-hydrogen) atoms. The van der Waals surface area contributed by atoms with Crippen molar-refractivity contribution in [1.29, 1.82) is 0 Å². The molecule has 1 rings (SSSR count). The van der Waals surface area contributed by atoms with Crippen molar-refractivity contribution in [2.75, 3.05) is 0 Å². The monoisotopic (exact) mass is 226 g/mol. The number of aryl methyl sites for hydroxylation is 2. The van der Waals surface area contributed by atoms with Crippen LogP contribution in [-0.2, 0) is 12.8 Å². The second kappa shape index (κ2) is 4.66. The molecule has 0 amide bonds. The predicted octanol–water partition coefficient (Wildman–Crippen LogP) is 3.96. The lowest BCUT2D eigenvalue weighted by atomic mass is 10.1. The van der Waals surface area contributed by atoms with Gasteiger partial charge in [0.25, 0.3) is 0 Å². The van der Waals surface area contributed by atoms with E-state index in [1.165, 1.54) is 28.4 Å². The van der Waals surface area contributed by atoms with Crippen LogP contribution >= 0.6 is 15.9 Å². The minimum absolute atomic E-state index is 1.11. The summed E-state index contributed by atoms with van der Waals surface area (Å²) in [7, 11) is 0. The molecule has 0 aliphatic rings. The Morgan fingerprint density at radius 3 is 2.58 bits per heavy atom. The fourth-order valence-corrected chi connectivity index (χ4v) is 1.87. The van der Waals surface area contributed by atoms with Crippen LogP contribution in [0.4, 0.5) is 0 Å². The topological polar surface area (TPSA) is 0 Å². The zero-order valence-corrected chi connectivity index (χ0v) is 9.32. The molecule has 0 heterocycles. The summed E-state index contributed by atoms with van der Waals surface area (Å²) < 4.78 is 1.24. The smallest absolute Gasteiger partial charge is 0.0207 e. The molecule has 1 aromatic rings. The summed E-state index contributed by atoms with van der Waals surface area (Å²) in [6.45, 7) is 4.41. The number of hydrogen-bond acceptors (Lipinski definition) is 0. The highest BCUT2D eigenvalue weighted by Gasteiger charge is 1.98. The summed E-state index contributed by atoms with van der Waals surface area (Å²) >= 11 is 3.54. The van der Waals surface area contributed by atoms with Crippen LogP contribution in [0.5, 0.6) is 0 Å². The highest BCUT2D eigenvalue weighted by molar-refractivity contribution is 9.10. The molecule has 0 saturated heterocycles. The largest absolute Gasteiger partial charge is 0.0651 e. The van der Waals surface area contributed by atoms with Gasteiger partial charge >= 0.3 is 0 Å². The molecule has 0 saturated carbocycles. The third-order valence-corrected chi connectivity index (χ3v) is 2.80. The minimum atomic E-state index is 1.11. The lowest BCUT2D eigenvalue weighted by Crippen LogP contribution is -1.88. The highest BCUT2D eigenvalue weighted by atomic mass is 79.9. The van der Waals surface area contributed by atoms with E-state index in [-0.39, 0.29) is 0 Å². The van der Waals surface area contributed by atoms with Crippen LogP contribution in [0.15, 0.2) is 22.7 Å². The van der Waals surface area contributed by atoms with Crippen LogP contribution in [-0.4, -0.2) is 0 Å². The Morgan fingerprint density at radius 2 is 2.00 bits per heavy atom. The summed E-state index contributed by atoms with van der Waals surface area (Å²) in [6, 6.07) is 6.66. The molecule has 0 atom stereocenters. The Kier molecular flexibility index (Phi) is 3.80. The van der Waals surface area contributed by atoms with Gasteiger partial charge in [-0.05, 0) is 30.0 Å².